The van der Waals surface area contributed by atoms with Crippen LogP contribution in [0.1, 0.15) is 23.7 Å². The molecule has 0 N–H and O–H groups in total. The van der Waals surface area contributed by atoms with E-state index in [4.69, 9.17) is 27.0 Å². The monoisotopic (exact) mass is 365 g/mol. The second-order valence-corrected chi connectivity index (χ2v) is 8.01. The van der Waals surface area contributed by atoms with Gasteiger partial charge < -0.3 is 9.64 Å². The molecule has 1 aromatic rings. The van der Waals surface area contributed by atoms with E-state index in [1.54, 1.807) is 6.92 Å². The van der Waals surface area contributed by atoms with E-state index in [-0.39, 0.29) is 36.1 Å². The molecule has 0 saturated carbocycles. The molecule has 0 radical (unpaired) electrons. The smallest absolute Gasteiger partial charge is 0.339 e. The molecular weight excluding hydrogens is 353 g/mol. The molecule has 1 fully saturated rings. The zero-order chi connectivity index (χ0) is 16.5. The quantitative estimate of drug-likeness (QED) is 0.603. The minimum absolute atomic E-state index is 0.0609. The van der Waals surface area contributed by atoms with Crippen molar-refractivity contribution in [1.82, 2.24) is 0 Å². The summed E-state index contributed by atoms with van der Waals surface area (Å²) in [6.45, 7) is 1.79. The minimum Gasteiger partial charge on any atom is -0.462 e. The molecule has 6 nitrogen and oxygen atoms in total. The lowest BCUT2D eigenvalue weighted by atomic mass is 10.2. The Morgan fingerprint density at radius 2 is 2.14 bits per heavy atom. The van der Waals surface area contributed by atoms with Crippen LogP contribution in [0.5, 0.6) is 0 Å². The van der Waals surface area contributed by atoms with Crippen LogP contribution in [0, 0.1) is 0 Å². The Balaban J connectivity index is 2.32. The molecule has 1 atom stereocenters. The fourth-order valence-corrected chi connectivity index (χ4v) is 3.38. The lowest BCUT2D eigenvalue weighted by molar-refractivity contribution is -0.117. The van der Waals surface area contributed by atoms with E-state index in [2.05, 4.69) is 0 Å². The molecule has 22 heavy (non-hydrogen) atoms. The normalized spacial score (nSPS) is 18.6. The van der Waals surface area contributed by atoms with Crippen LogP contribution in [0.2, 0.25) is 5.02 Å². The number of carbonyl (C=O) groups is 2. The zero-order valence-corrected chi connectivity index (χ0v) is 13.9. The van der Waals surface area contributed by atoms with Crippen molar-refractivity contribution >= 4 is 48.9 Å². The average molecular weight is 366 g/mol. The van der Waals surface area contributed by atoms with E-state index >= 15 is 0 Å². The minimum atomic E-state index is -3.83. The molecule has 0 spiro atoms. The van der Waals surface area contributed by atoms with E-state index in [0.717, 1.165) is 0 Å². The number of hydrogen-bond acceptors (Lipinski definition) is 5. The molecule has 1 aliphatic heterocycles. The highest BCUT2D eigenvalue weighted by atomic mass is 35.7. The van der Waals surface area contributed by atoms with Gasteiger partial charge >= 0.3 is 5.97 Å². The van der Waals surface area contributed by atoms with Gasteiger partial charge in [-0.1, -0.05) is 11.6 Å². The largest absolute Gasteiger partial charge is 0.462 e. The van der Waals surface area contributed by atoms with Crippen molar-refractivity contribution in [3.05, 3.63) is 28.8 Å². The first-order valence-corrected chi connectivity index (χ1v) is 9.19. The second kappa shape index (κ2) is 6.44. The predicted molar refractivity (Wildman–Crippen MR) is 82.9 cm³/mol. The number of benzene rings is 1. The molecule has 1 unspecified atom stereocenters. The highest BCUT2D eigenvalue weighted by Gasteiger charge is 2.38. The van der Waals surface area contributed by atoms with Crippen LogP contribution < -0.4 is 4.90 Å². The summed E-state index contributed by atoms with van der Waals surface area (Å²) in [4.78, 5) is 25.1. The van der Waals surface area contributed by atoms with Crippen LogP contribution in [0.4, 0.5) is 5.69 Å². The lowest BCUT2D eigenvalue weighted by Crippen LogP contribution is -2.27. The molecule has 1 aliphatic rings. The first-order valence-electron chi connectivity index (χ1n) is 6.44. The molecule has 120 valence electrons. The number of ether oxygens (including phenoxy) is 1. The van der Waals surface area contributed by atoms with Crippen LogP contribution >= 0.6 is 22.3 Å². The second-order valence-electron chi connectivity index (χ2n) is 4.69. The SMILES string of the molecule is CCOC(=O)c1cc(N2CC(S(=O)(=O)Cl)CC2=O)ccc1Cl. The van der Waals surface area contributed by atoms with Gasteiger partial charge in [0, 0.05) is 29.3 Å². The average Bonchev–Trinajstić information content (AvgIpc) is 2.82. The zero-order valence-electron chi connectivity index (χ0n) is 11.6. The van der Waals surface area contributed by atoms with E-state index < -0.39 is 20.3 Å². The maximum absolute atomic E-state index is 12.0. The number of halogens is 2. The molecule has 1 heterocycles. The van der Waals surface area contributed by atoms with Crippen LogP contribution in [-0.2, 0) is 18.6 Å². The summed E-state index contributed by atoms with van der Waals surface area (Å²) in [7, 11) is 1.48. The van der Waals surface area contributed by atoms with E-state index in [1.807, 2.05) is 0 Å². The maximum Gasteiger partial charge on any atom is 0.339 e. The van der Waals surface area contributed by atoms with Crippen molar-refractivity contribution < 1.29 is 22.7 Å². The van der Waals surface area contributed by atoms with Crippen molar-refractivity contribution in [3.8, 4) is 0 Å². The summed E-state index contributed by atoms with van der Waals surface area (Å²) in [6, 6.07) is 4.40. The van der Waals surface area contributed by atoms with Gasteiger partial charge in [0.2, 0.25) is 15.0 Å². The van der Waals surface area contributed by atoms with E-state index in [0.29, 0.717) is 5.69 Å². The van der Waals surface area contributed by atoms with Gasteiger partial charge in [-0.15, -0.1) is 0 Å². The summed E-state index contributed by atoms with van der Waals surface area (Å²) in [5, 5.41) is -0.779. The predicted octanol–water partition coefficient (Wildman–Crippen LogP) is 2.19. The highest BCUT2D eigenvalue weighted by Crippen LogP contribution is 2.29. The molecule has 0 aliphatic carbocycles. The number of carbonyl (C=O) groups excluding carboxylic acids is 2. The van der Waals surface area contributed by atoms with Gasteiger partial charge in [-0.3, -0.25) is 4.79 Å². The van der Waals surface area contributed by atoms with Gasteiger partial charge in [0.1, 0.15) is 5.25 Å². The Bertz CT molecular complexity index is 719. The molecule has 9 heteroatoms. The summed E-state index contributed by atoms with van der Waals surface area (Å²) in [5.74, 6) is -0.992. The van der Waals surface area contributed by atoms with Gasteiger partial charge in [0.05, 0.1) is 17.2 Å². The third kappa shape index (κ3) is 3.53. The number of hydrogen-bond donors (Lipinski definition) is 0. The van der Waals surface area contributed by atoms with Gasteiger partial charge in [0.25, 0.3) is 0 Å². The van der Waals surface area contributed by atoms with Crippen molar-refractivity contribution in [1.29, 1.82) is 0 Å². The fraction of sp³-hybridized carbons (Fsp3) is 0.385. The topological polar surface area (TPSA) is 80.8 Å². The first kappa shape index (κ1) is 17.1. The molecule has 0 aromatic heterocycles. The molecular formula is C13H13Cl2NO5S. The summed E-state index contributed by atoms with van der Waals surface area (Å²) in [6.07, 6.45) is -0.191. The number of anilines is 1. The Morgan fingerprint density at radius 3 is 2.68 bits per heavy atom. The van der Waals surface area contributed by atoms with Gasteiger partial charge in [-0.25, -0.2) is 13.2 Å². The fourth-order valence-electron chi connectivity index (χ4n) is 2.16. The Morgan fingerprint density at radius 1 is 1.45 bits per heavy atom. The van der Waals surface area contributed by atoms with Crippen LogP contribution in [0.15, 0.2) is 18.2 Å². The molecule has 2 rings (SSSR count). The standard InChI is InChI=1S/C13H13Cl2NO5S/c1-2-21-13(18)10-5-8(3-4-11(10)14)16-7-9(6-12(16)17)22(15,19)20/h3-5,9H,2,6-7H2,1H3. The molecule has 1 aromatic carbocycles. The Labute approximate surface area is 137 Å². The van der Waals surface area contributed by atoms with Crippen LogP contribution in [-0.4, -0.2) is 38.7 Å². The Kier molecular flexibility index (Phi) is 4.99. The summed E-state index contributed by atoms with van der Waals surface area (Å²) in [5.41, 5.74) is 0.492. The lowest BCUT2D eigenvalue weighted by Gasteiger charge is -2.17. The van der Waals surface area contributed by atoms with Gasteiger partial charge in [0.15, 0.2) is 0 Å². The van der Waals surface area contributed by atoms with Crippen LogP contribution in [0.25, 0.3) is 0 Å². The van der Waals surface area contributed by atoms with Crippen molar-refractivity contribution in [2.75, 3.05) is 18.1 Å². The van der Waals surface area contributed by atoms with Crippen molar-refractivity contribution in [3.63, 3.8) is 0 Å². The summed E-state index contributed by atoms with van der Waals surface area (Å²) < 4.78 is 27.6. The third-order valence-corrected chi connectivity index (χ3v) is 5.44. The number of amides is 1. The van der Waals surface area contributed by atoms with Crippen molar-refractivity contribution in [2.45, 2.75) is 18.6 Å². The highest BCUT2D eigenvalue weighted by molar-refractivity contribution is 8.14. The number of rotatable bonds is 4. The van der Waals surface area contributed by atoms with Crippen molar-refractivity contribution in [2.24, 2.45) is 0 Å². The number of nitrogens with zero attached hydrogens (tertiary/aromatic N) is 1. The molecule has 1 amide bonds. The van der Waals surface area contributed by atoms with Gasteiger partial charge in [-0.05, 0) is 25.1 Å². The van der Waals surface area contributed by atoms with E-state index in [1.165, 1.54) is 23.1 Å². The van der Waals surface area contributed by atoms with E-state index in [9.17, 15) is 18.0 Å². The Hall–Kier alpha value is -1.31. The molecule has 1 saturated heterocycles. The van der Waals surface area contributed by atoms with Crippen LogP contribution in [0.3, 0.4) is 0 Å². The summed E-state index contributed by atoms with van der Waals surface area (Å²) >= 11 is 5.95. The number of esters is 1. The maximum atomic E-state index is 12.0. The third-order valence-electron chi connectivity index (χ3n) is 3.24. The van der Waals surface area contributed by atoms with Gasteiger partial charge in [-0.2, -0.15) is 0 Å². The molecule has 0 bridgehead atoms. The first-order chi connectivity index (χ1) is 10.2.